The van der Waals surface area contributed by atoms with E-state index in [1.165, 1.54) is 13.8 Å². The molecule has 0 aliphatic carbocycles. The average molecular weight is 381 g/mol. The first kappa shape index (κ1) is 20.9. The number of esters is 1. The summed E-state index contributed by atoms with van der Waals surface area (Å²) in [5, 5.41) is 17.4. The zero-order chi connectivity index (χ0) is 20.5. The second-order valence-electron chi connectivity index (χ2n) is 6.22. The Bertz CT molecular complexity index is 871. The molecule has 0 aromatic heterocycles. The van der Waals surface area contributed by atoms with Gasteiger partial charge < -0.3 is 20.0 Å². The molecule has 0 fully saturated rings. The number of hydrogen-bond acceptors (Lipinski definition) is 6. The summed E-state index contributed by atoms with van der Waals surface area (Å²) < 4.78 is 10.5. The van der Waals surface area contributed by atoms with Crippen molar-refractivity contribution in [3.05, 3.63) is 77.1 Å². The Hall–Kier alpha value is -3.41. The summed E-state index contributed by atoms with van der Waals surface area (Å²) >= 11 is 0. The number of carbonyl (C=O) groups excluding carboxylic acids is 2. The minimum atomic E-state index is -0.688. The number of aliphatic hydroxyl groups excluding tert-OH is 1. The molecule has 0 aliphatic heterocycles. The second-order valence-corrected chi connectivity index (χ2v) is 6.22. The van der Waals surface area contributed by atoms with Crippen LogP contribution in [0.15, 0.2) is 65.9 Å². The fourth-order valence-corrected chi connectivity index (χ4v) is 2.69. The van der Waals surface area contributed by atoms with Gasteiger partial charge >= 0.3 is 5.97 Å². The van der Waals surface area contributed by atoms with Gasteiger partial charge in [-0.2, -0.15) is 0 Å². The molecule has 2 aromatic carbocycles. The van der Waals surface area contributed by atoms with Crippen LogP contribution >= 0.6 is 0 Å². The number of ketones is 1. The first-order chi connectivity index (χ1) is 13.4. The van der Waals surface area contributed by atoms with Gasteiger partial charge in [-0.1, -0.05) is 48.5 Å². The SMILES string of the molecule is CC(=N)/C(C(C)=O)=C(/O)COC(=O)COc1ccccc1Cc1ccccc1. The summed E-state index contributed by atoms with van der Waals surface area (Å²) in [6.45, 7) is 1.79. The third-order valence-electron chi connectivity index (χ3n) is 3.94. The molecule has 6 nitrogen and oxygen atoms in total. The minimum absolute atomic E-state index is 0.0906. The topological polar surface area (TPSA) is 96.7 Å². The van der Waals surface area contributed by atoms with Gasteiger partial charge in [-0.05, 0) is 31.0 Å². The molecule has 0 saturated carbocycles. The fourth-order valence-electron chi connectivity index (χ4n) is 2.69. The summed E-state index contributed by atoms with van der Waals surface area (Å²) in [7, 11) is 0. The molecule has 28 heavy (non-hydrogen) atoms. The van der Waals surface area contributed by atoms with E-state index in [2.05, 4.69) is 0 Å². The fraction of sp³-hybridized carbons (Fsp3) is 0.227. The minimum Gasteiger partial charge on any atom is -0.508 e. The third kappa shape index (κ3) is 6.09. The van der Waals surface area contributed by atoms with Crippen LogP contribution in [0.4, 0.5) is 0 Å². The van der Waals surface area contributed by atoms with Crippen LogP contribution in [0.5, 0.6) is 5.75 Å². The number of aliphatic hydroxyl groups is 1. The lowest BCUT2D eigenvalue weighted by Gasteiger charge is -2.12. The largest absolute Gasteiger partial charge is 0.508 e. The molecule has 6 heteroatoms. The molecule has 0 heterocycles. The molecule has 0 atom stereocenters. The Labute approximate surface area is 163 Å². The summed E-state index contributed by atoms with van der Waals surface area (Å²) in [5.41, 5.74) is 1.81. The molecule has 2 rings (SSSR count). The highest BCUT2D eigenvalue weighted by Crippen LogP contribution is 2.21. The van der Waals surface area contributed by atoms with Gasteiger partial charge in [-0.25, -0.2) is 4.79 Å². The van der Waals surface area contributed by atoms with Crippen molar-refractivity contribution >= 4 is 17.5 Å². The predicted octanol–water partition coefficient (Wildman–Crippen LogP) is 3.64. The highest BCUT2D eigenvalue weighted by molar-refractivity contribution is 6.19. The number of allylic oxidation sites excluding steroid dienone is 1. The lowest BCUT2D eigenvalue weighted by molar-refractivity contribution is -0.145. The highest BCUT2D eigenvalue weighted by Gasteiger charge is 2.15. The van der Waals surface area contributed by atoms with Crippen LogP contribution in [0, 0.1) is 5.41 Å². The van der Waals surface area contributed by atoms with Gasteiger partial charge in [0, 0.05) is 12.1 Å². The Morgan fingerprint density at radius 3 is 2.25 bits per heavy atom. The zero-order valence-electron chi connectivity index (χ0n) is 15.9. The van der Waals surface area contributed by atoms with E-state index in [4.69, 9.17) is 14.9 Å². The molecule has 2 N–H and O–H groups in total. The smallest absolute Gasteiger partial charge is 0.344 e. The molecule has 0 bridgehead atoms. The van der Waals surface area contributed by atoms with Crippen molar-refractivity contribution in [1.29, 1.82) is 5.41 Å². The second kappa shape index (κ2) is 10.1. The van der Waals surface area contributed by atoms with E-state index in [9.17, 15) is 14.7 Å². The molecule has 0 amide bonds. The van der Waals surface area contributed by atoms with E-state index >= 15 is 0 Å². The number of carbonyl (C=O) groups is 2. The average Bonchev–Trinajstić information content (AvgIpc) is 2.66. The zero-order valence-corrected chi connectivity index (χ0v) is 15.9. The first-order valence-corrected chi connectivity index (χ1v) is 8.77. The van der Waals surface area contributed by atoms with Crippen molar-refractivity contribution in [1.82, 2.24) is 0 Å². The van der Waals surface area contributed by atoms with Gasteiger partial charge in [0.15, 0.2) is 12.4 Å². The first-order valence-electron chi connectivity index (χ1n) is 8.77. The van der Waals surface area contributed by atoms with Crippen LogP contribution < -0.4 is 4.74 Å². The Morgan fingerprint density at radius 1 is 0.964 bits per heavy atom. The van der Waals surface area contributed by atoms with Gasteiger partial charge in [0.05, 0.1) is 5.57 Å². The van der Waals surface area contributed by atoms with Crippen LogP contribution in [-0.4, -0.2) is 35.8 Å². The number of Topliss-reactive ketones (excluding diaryl/α,β-unsaturated/α-hetero) is 1. The van der Waals surface area contributed by atoms with Crippen molar-refractivity contribution in [2.75, 3.05) is 13.2 Å². The van der Waals surface area contributed by atoms with Crippen molar-refractivity contribution in [2.45, 2.75) is 20.3 Å². The quantitative estimate of drug-likeness (QED) is 0.299. The van der Waals surface area contributed by atoms with E-state index in [1.54, 1.807) is 6.07 Å². The lowest BCUT2D eigenvalue weighted by Crippen LogP contribution is -2.19. The standard InChI is InChI=1S/C22H23NO5/c1-15(23)22(16(2)24)19(25)13-28-21(26)14-27-20-11-7-6-10-18(20)12-17-8-4-3-5-9-17/h3-11,23,25H,12-14H2,1-2H3/b22-19-,23-15?. The molecular formula is C22H23NO5. The summed E-state index contributed by atoms with van der Waals surface area (Å²) in [6.07, 6.45) is 0.663. The molecule has 0 aliphatic rings. The van der Waals surface area contributed by atoms with Gasteiger partial charge in [0.25, 0.3) is 0 Å². The van der Waals surface area contributed by atoms with E-state index in [1.807, 2.05) is 48.5 Å². The predicted molar refractivity (Wildman–Crippen MR) is 106 cm³/mol. The van der Waals surface area contributed by atoms with Crippen LogP contribution in [0.2, 0.25) is 0 Å². The van der Waals surface area contributed by atoms with E-state index in [0.29, 0.717) is 12.2 Å². The van der Waals surface area contributed by atoms with Crippen LogP contribution in [0.1, 0.15) is 25.0 Å². The maximum absolute atomic E-state index is 11.9. The van der Waals surface area contributed by atoms with Gasteiger partial charge in [0.2, 0.25) is 0 Å². The van der Waals surface area contributed by atoms with Crippen LogP contribution in [0.3, 0.4) is 0 Å². The lowest BCUT2D eigenvalue weighted by atomic mass is 10.0. The summed E-state index contributed by atoms with van der Waals surface area (Å²) in [5.74, 6) is -1.03. The molecule has 0 radical (unpaired) electrons. The number of nitrogens with one attached hydrogen (secondary N) is 1. The van der Waals surface area contributed by atoms with Crippen molar-refractivity contribution in [2.24, 2.45) is 0 Å². The van der Waals surface area contributed by atoms with E-state index in [0.717, 1.165) is 11.1 Å². The van der Waals surface area contributed by atoms with Crippen LogP contribution in [-0.2, 0) is 20.7 Å². The maximum atomic E-state index is 11.9. The van der Waals surface area contributed by atoms with E-state index < -0.39 is 24.1 Å². The van der Waals surface area contributed by atoms with Gasteiger partial charge in [0.1, 0.15) is 18.1 Å². The molecule has 2 aromatic rings. The number of benzene rings is 2. The Morgan fingerprint density at radius 2 is 1.61 bits per heavy atom. The number of ether oxygens (including phenoxy) is 2. The van der Waals surface area contributed by atoms with Crippen molar-refractivity contribution in [3.8, 4) is 5.75 Å². The molecule has 0 saturated heterocycles. The molecule has 0 unspecified atom stereocenters. The number of hydrogen-bond donors (Lipinski definition) is 2. The number of rotatable bonds is 9. The Balaban J connectivity index is 1.95. The summed E-state index contributed by atoms with van der Waals surface area (Å²) in [4.78, 5) is 23.4. The number of para-hydroxylation sites is 1. The van der Waals surface area contributed by atoms with Gasteiger partial charge in [-0.3, -0.25) is 4.79 Å². The molecular weight excluding hydrogens is 358 g/mol. The summed E-state index contributed by atoms with van der Waals surface area (Å²) in [6, 6.07) is 17.3. The molecule has 0 spiro atoms. The monoisotopic (exact) mass is 381 g/mol. The molecule has 146 valence electrons. The highest BCUT2D eigenvalue weighted by atomic mass is 16.6. The van der Waals surface area contributed by atoms with Crippen molar-refractivity contribution in [3.63, 3.8) is 0 Å². The third-order valence-corrected chi connectivity index (χ3v) is 3.94. The van der Waals surface area contributed by atoms with Crippen LogP contribution in [0.25, 0.3) is 0 Å². The maximum Gasteiger partial charge on any atom is 0.344 e. The van der Waals surface area contributed by atoms with Gasteiger partial charge in [-0.15, -0.1) is 0 Å². The van der Waals surface area contributed by atoms with E-state index in [-0.39, 0.29) is 17.9 Å². The Kier molecular flexibility index (Phi) is 7.51. The normalized spacial score (nSPS) is 11.4. The van der Waals surface area contributed by atoms with Crippen molar-refractivity contribution < 1.29 is 24.2 Å².